The quantitative estimate of drug-likeness (QED) is 0.640. The van der Waals surface area contributed by atoms with Crippen LogP contribution < -0.4 is 10.2 Å². The normalized spacial score (nSPS) is 19.6. The van der Waals surface area contributed by atoms with Crippen molar-refractivity contribution in [2.75, 3.05) is 36.4 Å². The number of halogens is 1. The van der Waals surface area contributed by atoms with Crippen LogP contribution in [-0.2, 0) is 12.8 Å². The summed E-state index contributed by atoms with van der Waals surface area (Å²) in [6.07, 6.45) is 2.68. The van der Waals surface area contributed by atoms with Crippen molar-refractivity contribution in [3.63, 3.8) is 0 Å². The number of nitrogens with one attached hydrogen (secondary N) is 1. The molecule has 166 valence electrons. The molecule has 0 radical (unpaired) electrons. The Kier molecular flexibility index (Phi) is 5.76. The minimum atomic E-state index is -0.303. The molecule has 1 aliphatic carbocycles. The number of fused-ring (bicyclic) bond motifs is 1. The molecular formula is C25H28FN5O. The van der Waals surface area contributed by atoms with Gasteiger partial charge in [-0.05, 0) is 48.2 Å². The molecule has 0 amide bonds. The van der Waals surface area contributed by atoms with Crippen molar-refractivity contribution in [1.82, 2.24) is 14.9 Å². The first-order chi connectivity index (χ1) is 15.6. The number of aliphatic hydroxyl groups is 1. The third kappa shape index (κ3) is 4.31. The molecule has 32 heavy (non-hydrogen) atoms. The standard InChI is InChI=1S/C25H28FN5O/c1-17(18-5-7-20(26)8-6-18)30-9-11-31(12-10-30)25-15-24(27-16-28-25)29-23-4-2-3-19-13-21(32)14-22(19)23/h2-8,15-17,21,32H,9-14H2,1H3,(H,27,28,29). The van der Waals surface area contributed by atoms with Crippen LogP contribution in [0.15, 0.2) is 54.9 Å². The monoisotopic (exact) mass is 433 g/mol. The van der Waals surface area contributed by atoms with Gasteiger partial charge in [-0.1, -0.05) is 24.3 Å². The third-order valence-electron chi connectivity index (χ3n) is 6.62. The summed E-state index contributed by atoms with van der Waals surface area (Å²) in [5.74, 6) is 1.46. The summed E-state index contributed by atoms with van der Waals surface area (Å²) < 4.78 is 13.2. The Balaban J connectivity index is 1.24. The van der Waals surface area contributed by atoms with Gasteiger partial charge in [0, 0.05) is 50.4 Å². The number of benzene rings is 2. The Labute approximate surface area is 187 Å². The highest BCUT2D eigenvalue weighted by molar-refractivity contribution is 5.65. The number of nitrogens with zero attached hydrogens (tertiary/aromatic N) is 4. The van der Waals surface area contributed by atoms with Crippen molar-refractivity contribution in [1.29, 1.82) is 0 Å². The number of piperazine rings is 1. The van der Waals surface area contributed by atoms with Gasteiger partial charge in [-0.15, -0.1) is 0 Å². The zero-order chi connectivity index (χ0) is 22.1. The molecule has 1 saturated heterocycles. The Bertz CT molecular complexity index is 1080. The fourth-order valence-electron chi connectivity index (χ4n) is 4.76. The highest BCUT2D eigenvalue weighted by atomic mass is 19.1. The highest BCUT2D eigenvalue weighted by Gasteiger charge is 2.24. The van der Waals surface area contributed by atoms with Crippen LogP contribution in [0.3, 0.4) is 0 Å². The van der Waals surface area contributed by atoms with Crippen molar-refractivity contribution in [2.24, 2.45) is 0 Å². The summed E-state index contributed by atoms with van der Waals surface area (Å²) in [6.45, 7) is 5.74. The van der Waals surface area contributed by atoms with Crippen molar-refractivity contribution in [2.45, 2.75) is 31.9 Å². The topological polar surface area (TPSA) is 64.5 Å². The number of aromatic nitrogens is 2. The molecule has 7 heteroatoms. The number of hydrogen-bond donors (Lipinski definition) is 2. The fraction of sp³-hybridized carbons (Fsp3) is 0.360. The van der Waals surface area contributed by atoms with E-state index in [4.69, 9.17) is 0 Å². The van der Waals surface area contributed by atoms with Gasteiger partial charge in [0.2, 0.25) is 0 Å². The predicted molar refractivity (Wildman–Crippen MR) is 124 cm³/mol. The Morgan fingerprint density at radius 1 is 1.03 bits per heavy atom. The maximum absolute atomic E-state index is 13.2. The molecule has 2 aromatic carbocycles. The maximum atomic E-state index is 13.2. The lowest BCUT2D eigenvalue weighted by molar-refractivity contribution is 0.187. The molecular weight excluding hydrogens is 405 g/mol. The Morgan fingerprint density at radius 2 is 1.81 bits per heavy atom. The number of hydrogen-bond acceptors (Lipinski definition) is 6. The Morgan fingerprint density at radius 3 is 2.59 bits per heavy atom. The van der Waals surface area contributed by atoms with Gasteiger partial charge < -0.3 is 15.3 Å². The van der Waals surface area contributed by atoms with Gasteiger partial charge in [0.05, 0.1) is 6.10 Å². The molecule has 1 aromatic heterocycles. The van der Waals surface area contributed by atoms with Gasteiger partial charge in [-0.25, -0.2) is 14.4 Å². The van der Waals surface area contributed by atoms with E-state index in [0.29, 0.717) is 12.8 Å². The van der Waals surface area contributed by atoms with Crippen LogP contribution in [0.1, 0.15) is 29.7 Å². The summed E-state index contributed by atoms with van der Waals surface area (Å²) in [5.41, 5.74) is 4.50. The smallest absolute Gasteiger partial charge is 0.135 e. The zero-order valence-corrected chi connectivity index (χ0v) is 18.2. The van der Waals surface area contributed by atoms with Gasteiger partial charge in [-0.2, -0.15) is 0 Å². The summed E-state index contributed by atoms with van der Waals surface area (Å²) >= 11 is 0. The molecule has 3 aromatic rings. The molecule has 1 aliphatic heterocycles. The van der Waals surface area contributed by atoms with E-state index in [1.54, 1.807) is 6.33 Å². The fourth-order valence-corrected chi connectivity index (χ4v) is 4.76. The molecule has 2 atom stereocenters. The van der Waals surface area contributed by atoms with Crippen LogP contribution in [0.25, 0.3) is 0 Å². The van der Waals surface area contributed by atoms with E-state index in [2.05, 4.69) is 38.1 Å². The van der Waals surface area contributed by atoms with Crippen molar-refractivity contribution < 1.29 is 9.50 Å². The van der Waals surface area contributed by atoms with E-state index in [0.717, 1.165) is 49.1 Å². The molecule has 0 bridgehead atoms. The molecule has 2 aliphatic rings. The summed E-state index contributed by atoms with van der Waals surface area (Å²) in [6, 6.07) is 15.2. The van der Waals surface area contributed by atoms with Gasteiger partial charge in [-0.3, -0.25) is 4.90 Å². The van der Waals surface area contributed by atoms with E-state index in [9.17, 15) is 9.50 Å². The zero-order valence-electron chi connectivity index (χ0n) is 18.2. The van der Waals surface area contributed by atoms with Crippen LogP contribution in [0.2, 0.25) is 0 Å². The van der Waals surface area contributed by atoms with Gasteiger partial charge in [0.15, 0.2) is 0 Å². The molecule has 2 N–H and O–H groups in total. The number of anilines is 3. The number of rotatable bonds is 5. The molecule has 1 fully saturated rings. The van der Waals surface area contributed by atoms with Crippen molar-refractivity contribution >= 4 is 17.3 Å². The molecule has 2 heterocycles. The van der Waals surface area contributed by atoms with E-state index in [1.165, 1.54) is 23.3 Å². The molecule has 5 rings (SSSR count). The highest BCUT2D eigenvalue weighted by Crippen LogP contribution is 2.31. The van der Waals surface area contributed by atoms with Crippen LogP contribution >= 0.6 is 0 Å². The molecule has 0 spiro atoms. The lowest BCUT2D eigenvalue weighted by Crippen LogP contribution is -2.47. The first-order valence-corrected chi connectivity index (χ1v) is 11.2. The molecule has 2 unspecified atom stereocenters. The van der Waals surface area contributed by atoms with Crippen molar-refractivity contribution in [3.05, 3.63) is 77.4 Å². The van der Waals surface area contributed by atoms with Crippen molar-refractivity contribution in [3.8, 4) is 0 Å². The largest absolute Gasteiger partial charge is 0.392 e. The third-order valence-corrected chi connectivity index (χ3v) is 6.62. The average molecular weight is 434 g/mol. The average Bonchev–Trinajstić information content (AvgIpc) is 3.21. The number of aliphatic hydroxyl groups excluding tert-OH is 1. The first kappa shape index (κ1) is 20.8. The first-order valence-electron chi connectivity index (χ1n) is 11.2. The SMILES string of the molecule is CC(c1ccc(F)cc1)N1CCN(c2cc(Nc3cccc4c3CC(O)C4)ncn2)CC1. The lowest BCUT2D eigenvalue weighted by Gasteiger charge is -2.38. The second kappa shape index (κ2) is 8.84. The minimum Gasteiger partial charge on any atom is -0.392 e. The summed E-state index contributed by atoms with van der Waals surface area (Å²) in [5, 5.41) is 13.4. The van der Waals surface area contributed by atoms with Crippen LogP contribution in [0, 0.1) is 5.82 Å². The van der Waals surface area contributed by atoms with Crippen LogP contribution in [-0.4, -0.2) is 52.3 Å². The molecule has 0 saturated carbocycles. The molecule has 6 nitrogen and oxygen atoms in total. The minimum absolute atomic E-state index is 0.199. The van der Waals surface area contributed by atoms with E-state index in [-0.39, 0.29) is 18.0 Å². The van der Waals surface area contributed by atoms with E-state index >= 15 is 0 Å². The van der Waals surface area contributed by atoms with Gasteiger partial charge in [0.1, 0.15) is 23.8 Å². The van der Waals surface area contributed by atoms with Crippen LogP contribution in [0.5, 0.6) is 0 Å². The van der Waals surface area contributed by atoms with Crippen LogP contribution in [0.4, 0.5) is 21.7 Å². The van der Waals surface area contributed by atoms with Gasteiger partial charge in [0.25, 0.3) is 0 Å². The maximum Gasteiger partial charge on any atom is 0.135 e. The Hall–Kier alpha value is -3.03. The summed E-state index contributed by atoms with van der Waals surface area (Å²) in [7, 11) is 0. The second-order valence-corrected chi connectivity index (χ2v) is 8.64. The second-order valence-electron chi connectivity index (χ2n) is 8.64. The summed E-state index contributed by atoms with van der Waals surface area (Å²) in [4.78, 5) is 13.6. The predicted octanol–water partition coefficient (Wildman–Crippen LogP) is 3.70. The van der Waals surface area contributed by atoms with E-state index in [1.807, 2.05) is 30.3 Å². The van der Waals surface area contributed by atoms with Gasteiger partial charge >= 0.3 is 0 Å². The lowest BCUT2D eigenvalue weighted by atomic mass is 10.1. The van der Waals surface area contributed by atoms with E-state index < -0.39 is 0 Å².